The lowest BCUT2D eigenvalue weighted by molar-refractivity contribution is 0.0903. The normalized spacial score (nSPS) is 22.1. The molecule has 1 atom stereocenters. The predicted molar refractivity (Wildman–Crippen MR) is 127 cm³/mol. The maximum atomic E-state index is 12.6. The molecule has 1 aromatic carbocycles. The largest absolute Gasteiger partial charge is 0.611 e. The molecular formula is C22H26Cl2N4O3S. The van der Waals surface area contributed by atoms with Crippen molar-refractivity contribution >= 4 is 46.1 Å². The van der Waals surface area contributed by atoms with Gasteiger partial charge < -0.3 is 24.2 Å². The Bertz CT molecular complexity index is 968. The zero-order valence-corrected chi connectivity index (χ0v) is 20.0. The van der Waals surface area contributed by atoms with Crippen LogP contribution in [0.4, 0.5) is 11.8 Å². The van der Waals surface area contributed by atoms with Crippen LogP contribution in [0.3, 0.4) is 0 Å². The molecule has 5 rings (SSSR count). The van der Waals surface area contributed by atoms with Crippen molar-refractivity contribution < 1.29 is 14.0 Å². The number of fused-ring (bicyclic) bond motifs is 1. The summed E-state index contributed by atoms with van der Waals surface area (Å²) in [4.78, 5) is 12.6. The Kier molecular flexibility index (Phi) is 6.85. The van der Waals surface area contributed by atoms with E-state index < -0.39 is 11.2 Å². The molecule has 0 spiro atoms. The maximum Gasteiger partial charge on any atom is 0.227 e. The molecule has 0 amide bonds. The Balaban J connectivity index is 1.27. The zero-order chi connectivity index (χ0) is 22.1. The second-order valence-electron chi connectivity index (χ2n) is 8.36. The van der Waals surface area contributed by atoms with Gasteiger partial charge in [-0.05, 0) is 36.2 Å². The minimum atomic E-state index is -1.04. The van der Waals surface area contributed by atoms with E-state index >= 15 is 0 Å². The molecular weight excluding hydrogens is 471 g/mol. The Labute approximate surface area is 201 Å². The minimum Gasteiger partial charge on any atom is -0.611 e. The lowest BCUT2D eigenvalue weighted by atomic mass is 10.1. The van der Waals surface area contributed by atoms with E-state index in [9.17, 15) is 4.55 Å². The van der Waals surface area contributed by atoms with Gasteiger partial charge in [0.05, 0.1) is 10.0 Å². The van der Waals surface area contributed by atoms with E-state index in [1.54, 1.807) is 12.1 Å². The summed E-state index contributed by atoms with van der Waals surface area (Å²) < 4.78 is 24.2. The molecule has 0 bridgehead atoms. The minimum absolute atomic E-state index is 0.102. The van der Waals surface area contributed by atoms with Crippen LogP contribution in [0.1, 0.15) is 31.4 Å². The van der Waals surface area contributed by atoms with E-state index in [2.05, 4.69) is 10.2 Å². The molecule has 10 heteroatoms. The summed E-state index contributed by atoms with van der Waals surface area (Å²) in [6.45, 7) is 3.08. The first-order chi connectivity index (χ1) is 15.6. The van der Waals surface area contributed by atoms with E-state index in [4.69, 9.17) is 42.6 Å². The molecule has 1 unspecified atom stereocenters. The highest BCUT2D eigenvalue weighted by atomic mass is 35.5. The number of anilines is 2. The Morgan fingerprint density at radius 3 is 2.62 bits per heavy atom. The Hall–Kier alpha value is -1.45. The first-order valence-electron chi connectivity index (χ1n) is 11.1. The highest BCUT2D eigenvalue weighted by molar-refractivity contribution is 7.91. The van der Waals surface area contributed by atoms with Gasteiger partial charge in [0.25, 0.3) is 0 Å². The lowest BCUT2D eigenvalue weighted by Gasteiger charge is -2.32. The van der Waals surface area contributed by atoms with Gasteiger partial charge in [0, 0.05) is 57.7 Å². The van der Waals surface area contributed by atoms with Crippen LogP contribution >= 0.6 is 23.2 Å². The van der Waals surface area contributed by atoms with E-state index in [-0.39, 0.29) is 6.10 Å². The van der Waals surface area contributed by atoms with E-state index in [0.717, 1.165) is 80.6 Å². The van der Waals surface area contributed by atoms with Crippen LogP contribution in [0.15, 0.2) is 23.1 Å². The summed E-state index contributed by atoms with van der Waals surface area (Å²) in [6, 6.07) is 5.65. The number of rotatable bonds is 5. The number of halogens is 2. The molecule has 0 saturated carbocycles. The third-order valence-electron chi connectivity index (χ3n) is 6.16. The number of nitrogens with one attached hydrogen (secondary N) is 1. The predicted octanol–water partition coefficient (Wildman–Crippen LogP) is 4.09. The van der Waals surface area contributed by atoms with Crippen LogP contribution in [0, 0.1) is 0 Å². The number of aryl methyl sites for hydroxylation is 1. The summed E-state index contributed by atoms with van der Waals surface area (Å²) in [7, 11) is 0. The standard InChI is InChI=1S/C22H26Cl2N4O3S/c23-17-2-1-16(13-18(17)24)31-15-3-8-28(9-4-15)22-26-19-7-12-32(29)20(19)21(27-22)25-14-5-10-30-11-6-14/h1-2,13-15H,3-12H2,(H,25,26,27). The van der Waals surface area contributed by atoms with Gasteiger partial charge in [-0.3, -0.25) is 0 Å². The van der Waals surface area contributed by atoms with Crippen molar-refractivity contribution in [2.75, 3.05) is 42.3 Å². The number of ether oxygens (including phenoxy) is 2. The summed E-state index contributed by atoms with van der Waals surface area (Å²) in [5.41, 5.74) is 0.914. The molecule has 4 heterocycles. The first kappa shape index (κ1) is 22.3. The molecule has 2 fully saturated rings. The molecule has 3 aliphatic rings. The van der Waals surface area contributed by atoms with Gasteiger partial charge in [-0.2, -0.15) is 4.98 Å². The van der Waals surface area contributed by atoms with Crippen molar-refractivity contribution in [1.29, 1.82) is 0 Å². The first-order valence-corrected chi connectivity index (χ1v) is 13.1. The topological polar surface area (TPSA) is 82.6 Å². The molecule has 2 saturated heterocycles. The fraction of sp³-hybridized carbons (Fsp3) is 0.545. The molecule has 0 radical (unpaired) electrons. The fourth-order valence-corrected chi connectivity index (χ4v) is 5.98. The second kappa shape index (κ2) is 9.81. The molecule has 2 aromatic rings. The molecule has 3 aliphatic heterocycles. The monoisotopic (exact) mass is 496 g/mol. The van der Waals surface area contributed by atoms with Gasteiger partial charge in [0.1, 0.15) is 23.3 Å². The summed E-state index contributed by atoms with van der Waals surface area (Å²) in [5.74, 6) is 2.80. The lowest BCUT2D eigenvalue weighted by Crippen LogP contribution is -2.39. The number of benzene rings is 1. The average molecular weight is 497 g/mol. The smallest absolute Gasteiger partial charge is 0.227 e. The molecule has 0 aliphatic carbocycles. The second-order valence-corrected chi connectivity index (χ2v) is 10.7. The van der Waals surface area contributed by atoms with Gasteiger partial charge >= 0.3 is 0 Å². The van der Waals surface area contributed by atoms with E-state index in [0.29, 0.717) is 27.8 Å². The van der Waals surface area contributed by atoms with Crippen molar-refractivity contribution in [1.82, 2.24) is 9.97 Å². The zero-order valence-electron chi connectivity index (χ0n) is 17.7. The van der Waals surface area contributed by atoms with Crippen LogP contribution < -0.4 is 15.0 Å². The molecule has 32 heavy (non-hydrogen) atoms. The summed E-state index contributed by atoms with van der Waals surface area (Å²) >= 11 is 11.1. The van der Waals surface area contributed by atoms with Crippen molar-refractivity contribution in [2.24, 2.45) is 0 Å². The molecule has 172 valence electrons. The van der Waals surface area contributed by atoms with Crippen molar-refractivity contribution in [3.05, 3.63) is 33.9 Å². The van der Waals surface area contributed by atoms with Gasteiger partial charge in [-0.15, -0.1) is 0 Å². The highest BCUT2D eigenvalue weighted by Crippen LogP contribution is 2.34. The van der Waals surface area contributed by atoms with Crippen LogP contribution in [0.5, 0.6) is 5.75 Å². The quantitative estimate of drug-likeness (QED) is 0.624. The van der Waals surface area contributed by atoms with Crippen LogP contribution in [-0.2, 0) is 22.3 Å². The fourth-order valence-electron chi connectivity index (χ4n) is 4.37. The van der Waals surface area contributed by atoms with Crippen molar-refractivity contribution in [3.8, 4) is 5.75 Å². The SMILES string of the molecule is [O-][S+]1CCc2nc(N3CCC(Oc4ccc(Cl)c(Cl)c4)CC3)nc(NC3CCOCC3)c21. The Morgan fingerprint density at radius 1 is 1.09 bits per heavy atom. The van der Waals surface area contributed by atoms with Crippen molar-refractivity contribution in [2.45, 2.75) is 49.1 Å². The highest BCUT2D eigenvalue weighted by Gasteiger charge is 2.34. The van der Waals surface area contributed by atoms with Gasteiger partial charge in [-0.1, -0.05) is 23.2 Å². The van der Waals surface area contributed by atoms with Gasteiger partial charge in [0.2, 0.25) is 10.8 Å². The molecule has 7 nitrogen and oxygen atoms in total. The average Bonchev–Trinajstić information content (AvgIpc) is 3.18. The maximum absolute atomic E-state index is 12.6. The summed E-state index contributed by atoms with van der Waals surface area (Å²) in [6.07, 6.45) is 4.41. The van der Waals surface area contributed by atoms with Crippen LogP contribution in [0.2, 0.25) is 10.0 Å². The van der Waals surface area contributed by atoms with E-state index in [1.165, 1.54) is 0 Å². The van der Waals surface area contributed by atoms with Gasteiger partial charge in [-0.25, -0.2) is 4.98 Å². The number of hydrogen-bond donors (Lipinski definition) is 1. The van der Waals surface area contributed by atoms with Crippen LogP contribution in [0.25, 0.3) is 0 Å². The number of hydrogen-bond acceptors (Lipinski definition) is 7. The van der Waals surface area contributed by atoms with Crippen molar-refractivity contribution in [3.63, 3.8) is 0 Å². The molecule has 1 aromatic heterocycles. The third kappa shape index (κ3) is 4.89. The van der Waals surface area contributed by atoms with E-state index in [1.807, 2.05) is 6.07 Å². The van der Waals surface area contributed by atoms with Crippen LogP contribution in [-0.4, -0.2) is 58.7 Å². The summed E-state index contributed by atoms with van der Waals surface area (Å²) in [5, 5.41) is 4.56. The molecule has 1 N–H and O–H groups in total. The van der Waals surface area contributed by atoms with Gasteiger partial charge in [0.15, 0.2) is 5.82 Å². The third-order valence-corrected chi connectivity index (χ3v) is 8.35. The Morgan fingerprint density at radius 2 is 1.88 bits per heavy atom. The number of nitrogens with zero attached hydrogens (tertiary/aromatic N) is 3. The number of piperidine rings is 1. The number of aromatic nitrogens is 2.